The smallest absolute Gasteiger partial charge is 0.117 e. The molecule has 0 spiro atoms. The Morgan fingerprint density at radius 1 is 1.43 bits per heavy atom. The van der Waals surface area contributed by atoms with Crippen LogP contribution in [0.15, 0.2) is 42.5 Å². The van der Waals surface area contributed by atoms with Crippen LogP contribution in [0.1, 0.15) is 11.9 Å². The first-order valence-electron chi connectivity index (χ1n) is 4.46. The molecule has 2 aromatic rings. The lowest BCUT2D eigenvalue weighted by molar-refractivity contribution is 1.44. The number of para-hydroxylation sites is 1. The Morgan fingerprint density at radius 2 is 2.21 bits per heavy atom. The van der Waals surface area contributed by atoms with Crippen molar-refractivity contribution in [3.8, 4) is 0 Å². The van der Waals surface area contributed by atoms with Crippen LogP contribution >= 0.6 is 11.3 Å². The molecule has 0 unspecified atom stereocenters. The summed E-state index contributed by atoms with van der Waals surface area (Å²) in [6.07, 6.45) is 3.89. The molecule has 14 heavy (non-hydrogen) atoms. The van der Waals surface area contributed by atoms with E-state index in [-0.39, 0.29) is 0 Å². The minimum Gasteiger partial charge on any atom is -0.237 e. The Bertz CT molecular complexity index is 461. The van der Waals surface area contributed by atoms with E-state index in [9.17, 15) is 0 Å². The molecule has 0 aliphatic carbocycles. The van der Waals surface area contributed by atoms with Crippen LogP contribution in [0, 0.1) is 0 Å². The molecule has 0 aliphatic rings. The van der Waals surface area contributed by atoms with E-state index >= 15 is 0 Å². The molecule has 1 nitrogen and oxygen atoms in total. The van der Waals surface area contributed by atoms with Crippen molar-refractivity contribution in [2.24, 2.45) is 0 Å². The summed E-state index contributed by atoms with van der Waals surface area (Å²) in [7, 11) is 0. The number of hydrogen-bond acceptors (Lipinski definition) is 2. The summed E-state index contributed by atoms with van der Waals surface area (Å²) in [5.41, 5.74) is 2.21. The third-order valence-corrected chi connectivity index (χ3v) is 2.97. The largest absolute Gasteiger partial charge is 0.237 e. The van der Waals surface area contributed by atoms with Crippen LogP contribution in [-0.2, 0) is 0 Å². The van der Waals surface area contributed by atoms with Crippen molar-refractivity contribution in [2.45, 2.75) is 6.92 Å². The zero-order valence-corrected chi connectivity index (χ0v) is 8.84. The molecule has 0 atom stereocenters. The van der Waals surface area contributed by atoms with E-state index in [1.807, 2.05) is 31.2 Å². The first-order chi connectivity index (χ1) is 6.79. The molecule has 70 valence electrons. The predicted octanol–water partition coefficient (Wildman–Crippen LogP) is 3.89. The molecule has 1 aromatic heterocycles. The van der Waals surface area contributed by atoms with E-state index in [4.69, 9.17) is 0 Å². The SMILES string of the molecule is C=C/C(C)=C/c1nc2ccccc2s1. The average molecular weight is 201 g/mol. The van der Waals surface area contributed by atoms with Crippen LogP contribution in [0.25, 0.3) is 16.3 Å². The molecule has 0 saturated carbocycles. The number of fused-ring (bicyclic) bond motifs is 1. The maximum atomic E-state index is 4.50. The second-order valence-electron chi connectivity index (χ2n) is 3.11. The maximum Gasteiger partial charge on any atom is 0.117 e. The number of hydrogen-bond donors (Lipinski definition) is 0. The van der Waals surface area contributed by atoms with Gasteiger partial charge in [-0.2, -0.15) is 0 Å². The first kappa shape index (κ1) is 9.16. The highest BCUT2D eigenvalue weighted by Gasteiger charge is 1.99. The van der Waals surface area contributed by atoms with Gasteiger partial charge in [0.05, 0.1) is 10.2 Å². The molecule has 0 bridgehead atoms. The monoisotopic (exact) mass is 201 g/mol. The fourth-order valence-electron chi connectivity index (χ4n) is 1.21. The highest BCUT2D eigenvalue weighted by molar-refractivity contribution is 7.19. The van der Waals surface area contributed by atoms with E-state index in [2.05, 4.69) is 23.7 Å². The fourth-order valence-corrected chi connectivity index (χ4v) is 2.18. The van der Waals surface area contributed by atoms with Gasteiger partial charge in [0, 0.05) is 0 Å². The van der Waals surface area contributed by atoms with Crippen LogP contribution in [0.4, 0.5) is 0 Å². The summed E-state index contributed by atoms with van der Waals surface area (Å²) in [4.78, 5) is 4.50. The average Bonchev–Trinajstić information content (AvgIpc) is 2.59. The highest BCUT2D eigenvalue weighted by atomic mass is 32.1. The van der Waals surface area contributed by atoms with Gasteiger partial charge in [-0.1, -0.05) is 24.8 Å². The van der Waals surface area contributed by atoms with Crippen LogP contribution in [0.3, 0.4) is 0 Å². The molecule has 2 heteroatoms. The van der Waals surface area contributed by atoms with Gasteiger partial charge < -0.3 is 0 Å². The highest BCUT2D eigenvalue weighted by Crippen LogP contribution is 2.23. The minimum absolute atomic E-state index is 1.05. The normalized spacial score (nSPS) is 11.9. The van der Waals surface area contributed by atoms with Gasteiger partial charge in [-0.3, -0.25) is 0 Å². The first-order valence-corrected chi connectivity index (χ1v) is 5.27. The summed E-state index contributed by atoms with van der Waals surface area (Å²) in [5, 5.41) is 1.05. The third kappa shape index (κ3) is 1.75. The van der Waals surface area contributed by atoms with Crippen molar-refractivity contribution in [3.05, 3.63) is 47.5 Å². The van der Waals surface area contributed by atoms with Gasteiger partial charge in [-0.05, 0) is 30.7 Å². The topological polar surface area (TPSA) is 12.9 Å². The molecule has 0 aliphatic heterocycles. The molecule has 0 N–H and O–H groups in total. The molecule has 1 aromatic carbocycles. The van der Waals surface area contributed by atoms with Gasteiger partial charge in [-0.25, -0.2) is 4.98 Å². The van der Waals surface area contributed by atoms with E-state index in [0.29, 0.717) is 0 Å². The van der Waals surface area contributed by atoms with Crippen molar-refractivity contribution in [2.75, 3.05) is 0 Å². The Balaban J connectivity index is 2.50. The second kappa shape index (κ2) is 3.76. The quantitative estimate of drug-likeness (QED) is 0.672. The van der Waals surface area contributed by atoms with Gasteiger partial charge in [0.15, 0.2) is 0 Å². The lowest BCUT2D eigenvalue weighted by Crippen LogP contribution is -1.70. The number of aromatic nitrogens is 1. The lowest BCUT2D eigenvalue weighted by atomic mass is 10.3. The van der Waals surface area contributed by atoms with Gasteiger partial charge in [0.1, 0.15) is 5.01 Å². The fraction of sp³-hybridized carbons (Fsp3) is 0.0833. The number of nitrogens with zero attached hydrogens (tertiary/aromatic N) is 1. The van der Waals surface area contributed by atoms with Crippen molar-refractivity contribution < 1.29 is 0 Å². The van der Waals surface area contributed by atoms with Crippen molar-refractivity contribution in [3.63, 3.8) is 0 Å². The number of benzene rings is 1. The summed E-state index contributed by atoms with van der Waals surface area (Å²) in [6.45, 7) is 5.75. The lowest BCUT2D eigenvalue weighted by Gasteiger charge is -1.85. The van der Waals surface area contributed by atoms with Crippen LogP contribution in [0.2, 0.25) is 0 Å². The van der Waals surface area contributed by atoms with Crippen molar-refractivity contribution >= 4 is 27.6 Å². The molecule has 0 fully saturated rings. The Labute approximate surface area is 87.4 Å². The summed E-state index contributed by atoms with van der Waals surface area (Å²) in [5.74, 6) is 0. The molecule has 0 amide bonds. The van der Waals surface area contributed by atoms with Gasteiger partial charge >= 0.3 is 0 Å². The van der Waals surface area contributed by atoms with Gasteiger partial charge in [0.25, 0.3) is 0 Å². The van der Waals surface area contributed by atoms with E-state index < -0.39 is 0 Å². The number of thiazole rings is 1. The van der Waals surface area contributed by atoms with Gasteiger partial charge in [0.2, 0.25) is 0 Å². The van der Waals surface area contributed by atoms with Crippen LogP contribution < -0.4 is 0 Å². The summed E-state index contributed by atoms with van der Waals surface area (Å²) >= 11 is 1.71. The minimum atomic E-state index is 1.05. The zero-order valence-electron chi connectivity index (χ0n) is 8.03. The van der Waals surface area contributed by atoms with E-state index in [1.54, 1.807) is 11.3 Å². The molecule has 2 rings (SSSR count). The van der Waals surface area contributed by atoms with Crippen LogP contribution in [-0.4, -0.2) is 4.98 Å². The van der Waals surface area contributed by atoms with E-state index in [0.717, 1.165) is 16.1 Å². The number of rotatable bonds is 2. The Hall–Kier alpha value is -1.41. The molecule has 0 radical (unpaired) electrons. The Morgan fingerprint density at radius 3 is 2.93 bits per heavy atom. The standard InChI is InChI=1S/C12H11NS/c1-3-9(2)8-12-13-10-6-4-5-7-11(10)14-12/h3-8H,1H2,2H3/b9-8+. The van der Waals surface area contributed by atoms with Gasteiger partial charge in [-0.15, -0.1) is 11.3 Å². The molecule has 1 heterocycles. The molecular weight excluding hydrogens is 190 g/mol. The summed E-state index contributed by atoms with van der Waals surface area (Å²) < 4.78 is 1.23. The predicted molar refractivity (Wildman–Crippen MR) is 63.5 cm³/mol. The summed E-state index contributed by atoms with van der Waals surface area (Å²) in [6, 6.07) is 8.17. The maximum absolute atomic E-state index is 4.50. The van der Waals surface area contributed by atoms with E-state index in [1.165, 1.54) is 4.70 Å². The van der Waals surface area contributed by atoms with Crippen LogP contribution in [0.5, 0.6) is 0 Å². The zero-order chi connectivity index (χ0) is 9.97. The van der Waals surface area contributed by atoms with Crippen molar-refractivity contribution in [1.29, 1.82) is 0 Å². The number of allylic oxidation sites excluding steroid dienone is 2. The third-order valence-electron chi connectivity index (χ3n) is 1.98. The Kier molecular flexibility index (Phi) is 2.46. The second-order valence-corrected chi connectivity index (χ2v) is 4.17. The van der Waals surface area contributed by atoms with Crippen molar-refractivity contribution in [1.82, 2.24) is 4.98 Å². The molecule has 0 saturated heterocycles. The molecular formula is C12H11NS.